The van der Waals surface area contributed by atoms with Gasteiger partial charge in [-0.1, -0.05) is 19.3 Å². The minimum atomic E-state index is -3.69. The molecule has 22 heavy (non-hydrogen) atoms. The van der Waals surface area contributed by atoms with Crippen LogP contribution in [0.1, 0.15) is 58.3 Å². The fourth-order valence-corrected chi connectivity index (χ4v) is 6.78. The lowest BCUT2D eigenvalue weighted by Gasteiger charge is -2.39. The van der Waals surface area contributed by atoms with Gasteiger partial charge in [0.2, 0.25) is 0 Å². The zero-order valence-corrected chi connectivity index (χ0v) is 14.0. The number of nitrogens with zero attached hydrogens (tertiary/aromatic N) is 2. The van der Waals surface area contributed by atoms with Crippen LogP contribution in [0.5, 0.6) is 0 Å². The largest absolute Gasteiger partial charge is 0.480 e. The van der Waals surface area contributed by atoms with Gasteiger partial charge >= 0.3 is 5.97 Å². The van der Waals surface area contributed by atoms with Gasteiger partial charge < -0.3 is 5.11 Å². The maximum atomic E-state index is 13.2. The number of rotatable bonds is 3. The van der Waals surface area contributed by atoms with Crippen molar-refractivity contribution in [1.82, 2.24) is 8.61 Å². The lowest BCUT2D eigenvalue weighted by Crippen LogP contribution is -2.55. The van der Waals surface area contributed by atoms with Gasteiger partial charge in [-0.3, -0.25) is 4.79 Å². The summed E-state index contributed by atoms with van der Waals surface area (Å²) in [5, 5.41) is 9.53. The summed E-state index contributed by atoms with van der Waals surface area (Å²) in [5.41, 5.74) is 0. The normalized spacial score (nSPS) is 37.9. The predicted octanol–water partition coefficient (Wildman–Crippen LogP) is 1.82. The number of piperidine rings is 1. The third-order valence-corrected chi connectivity index (χ3v) is 7.81. The number of carboxylic acids is 1. The maximum Gasteiger partial charge on any atom is 0.322 e. The fourth-order valence-electron chi connectivity index (χ4n) is 4.50. The Balaban J connectivity index is 1.93. The van der Waals surface area contributed by atoms with Crippen LogP contribution in [0.15, 0.2) is 0 Å². The first-order valence-corrected chi connectivity index (χ1v) is 9.85. The standard InChI is InChI=1S/C15H26N2O4S/c1-11-6-4-5-9-16(11)22(20,21)17-13-8-3-2-7-12(13)10-14(17)15(18)19/h11-14H,2-10H2,1H3,(H,18,19). The van der Waals surface area contributed by atoms with E-state index in [9.17, 15) is 18.3 Å². The lowest BCUT2D eigenvalue weighted by molar-refractivity contribution is -0.141. The zero-order chi connectivity index (χ0) is 15.9. The molecule has 2 saturated heterocycles. The first-order valence-electron chi connectivity index (χ1n) is 8.46. The molecule has 0 spiro atoms. The molecule has 3 fully saturated rings. The van der Waals surface area contributed by atoms with E-state index in [0.29, 0.717) is 13.0 Å². The van der Waals surface area contributed by atoms with Gasteiger partial charge in [0.1, 0.15) is 6.04 Å². The molecule has 0 aromatic heterocycles. The molecule has 3 rings (SSSR count). The smallest absolute Gasteiger partial charge is 0.322 e. The first kappa shape index (κ1) is 16.2. The summed E-state index contributed by atoms with van der Waals surface area (Å²) >= 11 is 0. The molecule has 126 valence electrons. The molecular weight excluding hydrogens is 304 g/mol. The Morgan fingerprint density at radius 1 is 1.09 bits per heavy atom. The molecule has 2 aliphatic heterocycles. The van der Waals surface area contributed by atoms with Gasteiger partial charge in [-0.05, 0) is 44.9 Å². The van der Waals surface area contributed by atoms with Crippen molar-refractivity contribution in [2.75, 3.05) is 6.54 Å². The molecule has 4 atom stereocenters. The second-order valence-electron chi connectivity index (χ2n) is 6.99. The van der Waals surface area contributed by atoms with Crippen LogP contribution in [0.2, 0.25) is 0 Å². The summed E-state index contributed by atoms with van der Waals surface area (Å²) in [6, 6.07) is -1.03. The Morgan fingerprint density at radius 2 is 1.77 bits per heavy atom. The Bertz CT molecular complexity index is 536. The minimum Gasteiger partial charge on any atom is -0.480 e. The maximum absolute atomic E-state index is 13.2. The van der Waals surface area contributed by atoms with Crippen molar-refractivity contribution in [1.29, 1.82) is 0 Å². The molecule has 0 bridgehead atoms. The van der Waals surface area contributed by atoms with E-state index in [1.807, 2.05) is 6.92 Å². The molecule has 3 aliphatic rings. The Labute approximate surface area is 132 Å². The average Bonchev–Trinajstić information content (AvgIpc) is 2.88. The lowest BCUT2D eigenvalue weighted by atomic mass is 9.85. The van der Waals surface area contributed by atoms with E-state index < -0.39 is 22.2 Å². The second-order valence-corrected chi connectivity index (χ2v) is 8.78. The van der Waals surface area contributed by atoms with Gasteiger partial charge in [-0.2, -0.15) is 17.0 Å². The molecule has 1 aliphatic carbocycles. The Morgan fingerprint density at radius 3 is 2.45 bits per heavy atom. The zero-order valence-electron chi connectivity index (χ0n) is 13.1. The average molecular weight is 330 g/mol. The highest BCUT2D eigenvalue weighted by Gasteiger charge is 2.52. The van der Waals surface area contributed by atoms with E-state index in [1.165, 1.54) is 4.31 Å². The van der Waals surface area contributed by atoms with E-state index in [-0.39, 0.29) is 18.0 Å². The molecule has 2 heterocycles. The topological polar surface area (TPSA) is 77.9 Å². The molecular formula is C15H26N2O4S. The van der Waals surface area contributed by atoms with Crippen LogP contribution in [0.4, 0.5) is 0 Å². The fraction of sp³-hybridized carbons (Fsp3) is 0.933. The molecule has 7 heteroatoms. The van der Waals surface area contributed by atoms with Crippen LogP contribution < -0.4 is 0 Å². The molecule has 6 nitrogen and oxygen atoms in total. The van der Waals surface area contributed by atoms with E-state index in [4.69, 9.17) is 0 Å². The minimum absolute atomic E-state index is 0.0316. The van der Waals surface area contributed by atoms with Crippen molar-refractivity contribution < 1.29 is 18.3 Å². The van der Waals surface area contributed by atoms with Crippen LogP contribution in [-0.2, 0) is 15.0 Å². The monoisotopic (exact) mass is 330 g/mol. The number of carboxylic acid groups (broad SMARTS) is 1. The van der Waals surface area contributed by atoms with Crippen LogP contribution in [0.3, 0.4) is 0 Å². The van der Waals surface area contributed by atoms with Gasteiger partial charge in [-0.25, -0.2) is 0 Å². The molecule has 1 saturated carbocycles. The summed E-state index contributed by atoms with van der Waals surface area (Å²) in [5.74, 6) is -0.785. The van der Waals surface area contributed by atoms with E-state index in [2.05, 4.69) is 0 Å². The SMILES string of the molecule is CC1CCCCN1S(=O)(=O)N1C(C(=O)O)CC2CCCCC21. The Kier molecular flexibility index (Phi) is 4.49. The highest BCUT2D eigenvalue weighted by Crippen LogP contribution is 2.42. The predicted molar refractivity (Wildman–Crippen MR) is 82.6 cm³/mol. The number of hydrogen-bond donors (Lipinski definition) is 1. The van der Waals surface area contributed by atoms with Gasteiger partial charge in [0.15, 0.2) is 0 Å². The summed E-state index contributed by atoms with van der Waals surface area (Å²) < 4.78 is 29.2. The van der Waals surface area contributed by atoms with Crippen LogP contribution in [-0.4, -0.2) is 52.8 Å². The van der Waals surface area contributed by atoms with Gasteiger partial charge in [-0.15, -0.1) is 0 Å². The first-order chi connectivity index (χ1) is 10.4. The van der Waals surface area contributed by atoms with Gasteiger partial charge in [0, 0.05) is 18.6 Å². The van der Waals surface area contributed by atoms with E-state index in [0.717, 1.165) is 44.9 Å². The number of carbonyl (C=O) groups is 1. The third-order valence-electron chi connectivity index (χ3n) is 5.62. The number of aliphatic carboxylic acids is 1. The third kappa shape index (κ3) is 2.67. The summed E-state index contributed by atoms with van der Waals surface area (Å²) in [6.45, 7) is 2.45. The molecule has 0 amide bonds. The number of hydrogen-bond acceptors (Lipinski definition) is 3. The summed E-state index contributed by atoms with van der Waals surface area (Å²) in [6.07, 6.45) is 7.08. The van der Waals surface area contributed by atoms with Crippen molar-refractivity contribution in [3.63, 3.8) is 0 Å². The van der Waals surface area contributed by atoms with Crippen molar-refractivity contribution in [2.24, 2.45) is 5.92 Å². The highest BCUT2D eigenvalue weighted by molar-refractivity contribution is 7.86. The molecule has 0 aromatic carbocycles. The van der Waals surface area contributed by atoms with Crippen LogP contribution >= 0.6 is 0 Å². The molecule has 0 aromatic rings. The quantitative estimate of drug-likeness (QED) is 0.856. The highest BCUT2D eigenvalue weighted by atomic mass is 32.2. The van der Waals surface area contributed by atoms with Crippen molar-refractivity contribution >= 4 is 16.2 Å². The van der Waals surface area contributed by atoms with E-state index in [1.54, 1.807) is 4.31 Å². The summed E-state index contributed by atoms with van der Waals surface area (Å²) in [4.78, 5) is 11.6. The molecule has 1 N–H and O–H groups in total. The molecule has 4 unspecified atom stereocenters. The van der Waals surface area contributed by atoms with Crippen LogP contribution in [0.25, 0.3) is 0 Å². The summed E-state index contributed by atoms with van der Waals surface area (Å²) in [7, 11) is -3.69. The van der Waals surface area contributed by atoms with Crippen LogP contribution in [0, 0.1) is 5.92 Å². The van der Waals surface area contributed by atoms with E-state index >= 15 is 0 Å². The molecule has 0 radical (unpaired) electrons. The van der Waals surface area contributed by atoms with Gasteiger partial charge in [0.25, 0.3) is 10.2 Å². The number of fused-ring (bicyclic) bond motifs is 1. The van der Waals surface area contributed by atoms with Crippen molar-refractivity contribution in [3.8, 4) is 0 Å². The van der Waals surface area contributed by atoms with Crippen molar-refractivity contribution in [2.45, 2.75) is 76.4 Å². The van der Waals surface area contributed by atoms with Crippen molar-refractivity contribution in [3.05, 3.63) is 0 Å². The van der Waals surface area contributed by atoms with Gasteiger partial charge in [0.05, 0.1) is 0 Å². The second kappa shape index (κ2) is 6.09. The Hall–Kier alpha value is -0.660.